The molecule has 0 radical (unpaired) electrons. The Morgan fingerprint density at radius 2 is 2.23 bits per heavy atom. The average Bonchev–Trinajstić information content (AvgIpc) is 3.48. The number of anilines is 2. The van der Waals surface area contributed by atoms with Gasteiger partial charge >= 0.3 is 12.1 Å². The van der Waals surface area contributed by atoms with Gasteiger partial charge in [-0.3, -0.25) is 4.90 Å². The van der Waals surface area contributed by atoms with Crippen molar-refractivity contribution in [2.75, 3.05) is 23.3 Å². The number of carbonyl (C=O) groups excluding carboxylic acids is 2. The van der Waals surface area contributed by atoms with Crippen molar-refractivity contribution in [3.05, 3.63) is 36.5 Å². The van der Waals surface area contributed by atoms with Crippen LogP contribution in [0.3, 0.4) is 0 Å². The van der Waals surface area contributed by atoms with Gasteiger partial charge in [-0.2, -0.15) is 4.98 Å². The fourth-order valence-corrected chi connectivity index (χ4v) is 3.28. The van der Waals surface area contributed by atoms with Crippen LogP contribution in [0.4, 0.5) is 21.0 Å². The Labute approximate surface area is 177 Å². The first kappa shape index (κ1) is 20.3. The van der Waals surface area contributed by atoms with E-state index in [9.17, 15) is 9.59 Å². The van der Waals surface area contributed by atoms with Gasteiger partial charge in [0.05, 0.1) is 0 Å². The lowest BCUT2D eigenvalue weighted by Gasteiger charge is -2.18. The fourth-order valence-electron chi connectivity index (χ4n) is 3.28. The first-order chi connectivity index (χ1) is 15.0. The first-order valence-electron chi connectivity index (χ1n) is 9.92. The van der Waals surface area contributed by atoms with Crippen LogP contribution in [0.5, 0.6) is 0 Å². The van der Waals surface area contributed by atoms with Crippen LogP contribution in [0.2, 0.25) is 0 Å². The number of aromatic nitrogens is 5. The molecule has 0 aliphatic carbocycles. The third kappa shape index (κ3) is 4.79. The number of hydrogen-bond donors (Lipinski definition) is 4. The molecule has 2 aromatic heterocycles. The van der Waals surface area contributed by atoms with E-state index in [2.05, 4.69) is 41.3 Å². The van der Waals surface area contributed by atoms with Crippen LogP contribution in [0, 0.1) is 5.92 Å². The van der Waals surface area contributed by atoms with Crippen LogP contribution in [0.1, 0.15) is 32.2 Å². The number of urea groups is 2. The number of amides is 4. The molecule has 162 valence electrons. The molecular weight excluding hydrogens is 402 g/mol. The van der Waals surface area contributed by atoms with Gasteiger partial charge in [-0.05, 0) is 30.5 Å². The summed E-state index contributed by atoms with van der Waals surface area (Å²) in [5.41, 5.74) is 1.27. The molecule has 1 fully saturated rings. The highest BCUT2D eigenvalue weighted by Crippen LogP contribution is 2.23. The van der Waals surface area contributed by atoms with Gasteiger partial charge in [-0.15, -0.1) is 10.2 Å². The molecule has 1 saturated heterocycles. The number of hydrogen-bond acceptors (Lipinski definition) is 7. The monoisotopic (exact) mass is 425 g/mol. The van der Waals surface area contributed by atoms with E-state index in [4.69, 9.17) is 4.52 Å². The maximum atomic E-state index is 12.7. The highest BCUT2D eigenvalue weighted by Gasteiger charge is 2.24. The van der Waals surface area contributed by atoms with Crippen molar-refractivity contribution < 1.29 is 14.1 Å². The van der Waals surface area contributed by atoms with Gasteiger partial charge in [0.15, 0.2) is 0 Å². The zero-order valence-corrected chi connectivity index (χ0v) is 17.1. The number of carbonyl (C=O) groups is 2. The molecule has 4 amide bonds. The Balaban J connectivity index is 1.45. The van der Waals surface area contributed by atoms with Crippen LogP contribution in [-0.2, 0) is 0 Å². The van der Waals surface area contributed by atoms with Gasteiger partial charge in [0, 0.05) is 24.5 Å². The first-order valence-corrected chi connectivity index (χ1v) is 9.92. The van der Waals surface area contributed by atoms with Gasteiger partial charge in [0.2, 0.25) is 17.5 Å². The number of rotatable bonds is 7. The lowest BCUT2D eigenvalue weighted by Crippen LogP contribution is -2.33. The maximum Gasteiger partial charge on any atom is 0.321 e. The van der Waals surface area contributed by atoms with Gasteiger partial charge in [0.1, 0.15) is 12.4 Å². The van der Waals surface area contributed by atoms with Crippen LogP contribution in [0.25, 0.3) is 11.6 Å². The van der Waals surface area contributed by atoms with E-state index in [1.54, 1.807) is 23.1 Å². The van der Waals surface area contributed by atoms with E-state index < -0.39 is 12.1 Å². The Morgan fingerprint density at radius 3 is 2.94 bits per heavy atom. The molecular formula is C19H23N9O3. The number of nitrogens with zero attached hydrogens (tertiary/aromatic N) is 5. The number of H-pyrrole nitrogens is 1. The maximum absolute atomic E-state index is 12.7. The molecule has 3 aromatic rings. The normalized spacial score (nSPS) is 14.5. The Kier molecular flexibility index (Phi) is 5.78. The fraction of sp³-hybridized carbons (Fsp3) is 0.368. The highest BCUT2D eigenvalue weighted by atomic mass is 16.5. The van der Waals surface area contributed by atoms with Crippen molar-refractivity contribution in [2.24, 2.45) is 5.92 Å². The lowest BCUT2D eigenvalue weighted by atomic mass is 10.0. The molecule has 1 aliphatic heterocycles. The Bertz CT molecular complexity index is 1050. The summed E-state index contributed by atoms with van der Waals surface area (Å²) in [7, 11) is 0. The summed E-state index contributed by atoms with van der Waals surface area (Å²) in [5.74, 6) is 1.19. The summed E-state index contributed by atoms with van der Waals surface area (Å²) >= 11 is 0. The number of aromatic amines is 1. The summed E-state index contributed by atoms with van der Waals surface area (Å²) < 4.78 is 5.36. The van der Waals surface area contributed by atoms with Crippen LogP contribution in [-0.4, -0.2) is 50.5 Å². The zero-order valence-electron chi connectivity index (χ0n) is 17.1. The molecule has 31 heavy (non-hydrogen) atoms. The van der Waals surface area contributed by atoms with Crippen LogP contribution in [0.15, 0.2) is 35.1 Å². The Hall–Kier alpha value is -3.96. The molecule has 1 aromatic carbocycles. The van der Waals surface area contributed by atoms with Crippen LogP contribution >= 0.6 is 0 Å². The van der Waals surface area contributed by atoms with Gasteiger partial charge in [-0.25, -0.2) is 9.59 Å². The van der Waals surface area contributed by atoms with Crippen molar-refractivity contribution in [1.29, 1.82) is 0 Å². The van der Waals surface area contributed by atoms with Gasteiger partial charge in [-0.1, -0.05) is 25.1 Å². The smallest absolute Gasteiger partial charge is 0.321 e. The molecule has 1 unspecified atom stereocenters. The van der Waals surface area contributed by atoms with E-state index in [1.165, 1.54) is 6.33 Å². The molecule has 4 rings (SSSR count). The minimum absolute atomic E-state index is 0.155. The molecule has 1 aliphatic rings. The average molecular weight is 425 g/mol. The topological polar surface area (TPSA) is 154 Å². The molecule has 0 bridgehead atoms. The van der Waals surface area contributed by atoms with Gasteiger partial charge in [0.25, 0.3) is 0 Å². The SMILES string of the molecule is CC(C)CC(NC(=O)Nc1cccc(N2CCNC2=O)c1)c1nc(-c2nnc[nH]2)no1. The summed E-state index contributed by atoms with van der Waals surface area (Å²) in [6.45, 7) is 5.24. The molecule has 0 saturated carbocycles. The zero-order chi connectivity index (χ0) is 21.8. The van der Waals surface area contributed by atoms with E-state index >= 15 is 0 Å². The summed E-state index contributed by atoms with van der Waals surface area (Å²) in [4.78, 5) is 33.3. The second-order valence-electron chi connectivity index (χ2n) is 7.51. The third-order valence-corrected chi connectivity index (χ3v) is 4.65. The van der Waals surface area contributed by atoms with Gasteiger partial charge < -0.3 is 25.5 Å². The number of benzene rings is 1. The van der Waals surface area contributed by atoms with E-state index in [0.717, 1.165) is 0 Å². The van der Waals surface area contributed by atoms with Crippen molar-refractivity contribution in [2.45, 2.75) is 26.3 Å². The number of nitrogens with one attached hydrogen (secondary N) is 4. The van der Waals surface area contributed by atoms with E-state index in [1.807, 2.05) is 19.9 Å². The predicted octanol–water partition coefficient (Wildman–Crippen LogP) is 2.29. The molecule has 12 heteroatoms. The largest absolute Gasteiger partial charge is 0.337 e. The van der Waals surface area contributed by atoms with Crippen molar-refractivity contribution in [3.63, 3.8) is 0 Å². The molecule has 12 nitrogen and oxygen atoms in total. The molecule has 3 heterocycles. The lowest BCUT2D eigenvalue weighted by molar-refractivity contribution is 0.240. The predicted molar refractivity (Wildman–Crippen MR) is 111 cm³/mol. The summed E-state index contributed by atoms with van der Waals surface area (Å²) in [6, 6.07) is 6.03. The standard InChI is InChI=1S/C19H23N9O3/c1-11(2)8-14(17-25-16(27-31-17)15-21-10-22-26-15)24-18(29)23-12-4-3-5-13(9-12)28-7-6-20-19(28)30/h3-5,9-11,14H,6-8H2,1-2H3,(H,20,30)(H,21,22,26)(H2,23,24,29). The highest BCUT2D eigenvalue weighted by molar-refractivity contribution is 5.95. The Morgan fingerprint density at radius 1 is 1.35 bits per heavy atom. The van der Waals surface area contributed by atoms with E-state index in [0.29, 0.717) is 36.7 Å². The minimum Gasteiger partial charge on any atom is -0.337 e. The molecule has 4 N–H and O–H groups in total. The summed E-state index contributed by atoms with van der Waals surface area (Å²) in [5, 5.41) is 19.9. The second kappa shape index (κ2) is 8.81. The second-order valence-corrected chi connectivity index (χ2v) is 7.51. The van der Waals surface area contributed by atoms with Crippen molar-refractivity contribution >= 4 is 23.4 Å². The molecule has 0 spiro atoms. The third-order valence-electron chi connectivity index (χ3n) is 4.65. The van der Waals surface area contributed by atoms with Crippen molar-refractivity contribution in [1.82, 2.24) is 36.0 Å². The van der Waals surface area contributed by atoms with Crippen molar-refractivity contribution in [3.8, 4) is 11.6 Å². The van der Waals surface area contributed by atoms with E-state index in [-0.39, 0.29) is 23.7 Å². The van der Waals surface area contributed by atoms with Crippen LogP contribution < -0.4 is 20.9 Å². The molecule has 1 atom stereocenters. The summed E-state index contributed by atoms with van der Waals surface area (Å²) in [6.07, 6.45) is 2.02. The quantitative estimate of drug-likeness (QED) is 0.453. The minimum atomic E-state index is -0.489.